The largest absolute Gasteiger partial charge is 0.508 e. The summed E-state index contributed by atoms with van der Waals surface area (Å²) in [5.74, 6) is -2.64. The van der Waals surface area contributed by atoms with Gasteiger partial charge in [-0.3, -0.25) is 0 Å². The molecule has 0 aliphatic rings. The van der Waals surface area contributed by atoms with Gasteiger partial charge in [0.15, 0.2) is 17.5 Å². The van der Waals surface area contributed by atoms with Crippen LogP contribution in [-0.2, 0) is 19.0 Å². The first-order valence-electron chi connectivity index (χ1n) is 12.1. The predicted molar refractivity (Wildman–Crippen MR) is 163 cm³/mol. The van der Waals surface area contributed by atoms with Crippen molar-refractivity contribution < 1.29 is 47.6 Å². The minimum atomic E-state index is -1.83. The Bertz CT molecular complexity index is 1340. The molecule has 0 heterocycles. The normalized spacial score (nSPS) is 12.6. The number of hydrogen-bond donors (Lipinski definition) is 3. The fraction of sp³-hybridized carbons (Fsp3) is 0.360. The summed E-state index contributed by atoms with van der Waals surface area (Å²) in [6, 6.07) is 6.23. The van der Waals surface area contributed by atoms with Gasteiger partial charge in [-0.2, -0.15) is 4.99 Å². The Labute approximate surface area is 280 Å². The molecule has 2 aromatic carbocycles. The van der Waals surface area contributed by atoms with Gasteiger partial charge in [-0.25, -0.2) is 18.8 Å². The highest BCUT2D eigenvalue weighted by atomic mass is 35.6. The standard InChI is InChI=1S/C25H24Cl6FN3O9/c1-2-40-17-9-15(16(32)10-18(17)41-7-8-42-23(39)44-12-25(29,30)31)19(21(36)37)34-14-5-3-13(4-6-14)20(33)35-22(38)43-11-24(26,27)28/h3-6,9-10,19,34H,2,7-8,11-12H2,1H3,(H,36,37)(H2,33,35,38). The van der Waals surface area contributed by atoms with Crippen LogP contribution in [0.4, 0.5) is 19.7 Å². The van der Waals surface area contributed by atoms with Gasteiger partial charge in [0.1, 0.15) is 38.1 Å². The van der Waals surface area contributed by atoms with E-state index in [2.05, 4.69) is 19.8 Å². The third-order valence-electron chi connectivity index (χ3n) is 4.90. The van der Waals surface area contributed by atoms with Crippen molar-refractivity contribution in [3.63, 3.8) is 0 Å². The van der Waals surface area contributed by atoms with Crippen molar-refractivity contribution in [1.82, 2.24) is 0 Å². The maximum Gasteiger partial charge on any atom is 0.508 e. The van der Waals surface area contributed by atoms with Crippen LogP contribution >= 0.6 is 69.6 Å². The third-order valence-corrected chi connectivity index (χ3v) is 5.55. The van der Waals surface area contributed by atoms with E-state index in [0.717, 1.165) is 12.1 Å². The number of carbonyl (C=O) groups is 3. The molecule has 0 bridgehead atoms. The molecule has 19 heteroatoms. The number of carboxylic acids is 1. The first-order valence-corrected chi connectivity index (χ1v) is 14.4. The highest BCUT2D eigenvalue weighted by Gasteiger charge is 2.27. The van der Waals surface area contributed by atoms with Crippen LogP contribution in [0.5, 0.6) is 11.5 Å². The zero-order valence-corrected chi connectivity index (χ0v) is 27.0. The summed E-state index contributed by atoms with van der Waals surface area (Å²) >= 11 is 33.0. The summed E-state index contributed by atoms with van der Waals surface area (Å²) in [6.07, 6.45) is -2.22. The van der Waals surface area contributed by atoms with Gasteiger partial charge in [-0.05, 0) is 37.3 Å². The maximum absolute atomic E-state index is 15.2. The Balaban J connectivity index is 2.13. The SMILES string of the molecule is CCOc1cc(C(Nc2ccc(/C(N)=N/C(=O)OCC(Cl)(Cl)Cl)cc2)C(=O)O)c(F)cc1OCCOC(=O)OCC(Cl)(Cl)Cl. The zero-order chi connectivity index (χ0) is 33.1. The third kappa shape index (κ3) is 13.4. The molecule has 44 heavy (non-hydrogen) atoms. The number of amidine groups is 1. The number of hydrogen-bond acceptors (Lipinski definition) is 9. The van der Waals surface area contributed by atoms with Crippen LogP contribution in [0.15, 0.2) is 41.4 Å². The minimum Gasteiger partial charge on any atom is -0.490 e. The monoisotopic (exact) mass is 739 g/mol. The van der Waals surface area contributed by atoms with Gasteiger partial charge in [0.25, 0.3) is 0 Å². The van der Waals surface area contributed by atoms with Crippen molar-refractivity contribution in [2.45, 2.75) is 20.6 Å². The first-order chi connectivity index (χ1) is 20.5. The summed E-state index contributed by atoms with van der Waals surface area (Å²) in [7, 11) is 0. The molecule has 0 aliphatic carbocycles. The van der Waals surface area contributed by atoms with E-state index in [1.807, 2.05) is 0 Å². The molecule has 0 fully saturated rings. The smallest absolute Gasteiger partial charge is 0.490 e. The molecular weight excluding hydrogens is 718 g/mol. The second kappa shape index (κ2) is 17.0. The topological polar surface area (TPSA) is 168 Å². The van der Waals surface area contributed by atoms with Gasteiger partial charge in [-0.1, -0.05) is 69.6 Å². The van der Waals surface area contributed by atoms with Gasteiger partial charge in [0, 0.05) is 22.9 Å². The Morgan fingerprint density at radius 1 is 0.932 bits per heavy atom. The molecule has 4 N–H and O–H groups in total. The molecule has 2 aromatic rings. The minimum absolute atomic E-state index is 0.0247. The number of rotatable bonds is 13. The number of aliphatic carboxylic acids is 1. The molecule has 0 saturated carbocycles. The summed E-state index contributed by atoms with van der Waals surface area (Å²) in [6.45, 7) is 0.142. The highest BCUT2D eigenvalue weighted by molar-refractivity contribution is 6.68. The summed E-state index contributed by atoms with van der Waals surface area (Å²) in [5.41, 5.74) is 6.06. The highest BCUT2D eigenvalue weighted by Crippen LogP contribution is 2.34. The Morgan fingerprint density at radius 3 is 2.09 bits per heavy atom. The number of amides is 1. The van der Waals surface area contributed by atoms with E-state index < -0.39 is 50.9 Å². The van der Waals surface area contributed by atoms with Gasteiger partial charge < -0.3 is 39.8 Å². The molecule has 242 valence electrons. The van der Waals surface area contributed by atoms with Gasteiger partial charge in [-0.15, -0.1) is 0 Å². The van der Waals surface area contributed by atoms with E-state index >= 15 is 4.39 Å². The number of nitrogens with one attached hydrogen (secondary N) is 1. The quantitative estimate of drug-likeness (QED) is 0.0667. The number of nitrogens with zero attached hydrogens (tertiary/aromatic N) is 1. The molecule has 12 nitrogen and oxygen atoms in total. The predicted octanol–water partition coefficient (Wildman–Crippen LogP) is 6.58. The van der Waals surface area contributed by atoms with Crippen LogP contribution < -0.4 is 20.5 Å². The molecule has 0 aliphatic heterocycles. The van der Waals surface area contributed by atoms with E-state index in [4.69, 9.17) is 89.5 Å². The number of alkyl halides is 6. The average Bonchev–Trinajstić information content (AvgIpc) is 2.92. The van der Waals surface area contributed by atoms with Crippen LogP contribution in [0.25, 0.3) is 0 Å². The summed E-state index contributed by atoms with van der Waals surface area (Å²) < 4.78 is 36.6. The van der Waals surface area contributed by atoms with Crippen molar-refractivity contribution >= 4 is 99.3 Å². The number of nitrogens with two attached hydrogens (primary N) is 1. The molecule has 0 saturated heterocycles. The lowest BCUT2D eigenvalue weighted by Gasteiger charge is -2.20. The van der Waals surface area contributed by atoms with Crippen LogP contribution in [0.3, 0.4) is 0 Å². The van der Waals surface area contributed by atoms with Gasteiger partial charge >= 0.3 is 18.2 Å². The Kier molecular flexibility index (Phi) is 14.5. The Morgan fingerprint density at radius 2 is 1.52 bits per heavy atom. The molecule has 0 radical (unpaired) electrons. The number of anilines is 1. The van der Waals surface area contributed by atoms with Crippen LogP contribution in [0.2, 0.25) is 0 Å². The molecular formula is C25H24Cl6FN3O9. The first kappa shape index (κ1) is 37.4. The van der Waals surface area contributed by atoms with E-state index in [9.17, 15) is 19.5 Å². The molecule has 1 unspecified atom stereocenters. The second-order valence-corrected chi connectivity index (χ2v) is 13.3. The molecule has 1 atom stereocenters. The average molecular weight is 742 g/mol. The number of halogens is 7. The molecule has 0 spiro atoms. The van der Waals surface area contributed by atoms with Crippen LogP contribution in [0, 0.1) is 5.82 Å². The maximum atomic E-state index is 15.2. The number of ether oxygens (including phenoxy) is 5. The number of carbonyl (C=O) groups excluding carboxylic acids is 2. The van der Waals surface area contributed by atoms with E-state index in [1.54, 1.807) is 6.92 Å². The lowest BCUT2D eigenvalue weighted by molar-refractivity contribution is -0.138. The van der Waals surface area contributed by atoms with Crippen molar-refractivity contribution in [3.8, 4) is 11.5 Å². The molecule has 1 amide bonds. The fourth-order valence-corrected chi connectivity index (χ4v) is 3.45. The van der Waals surface area contributed by atoms with Crippen LogP contribution in [0.1, 0.15) is 24.1 Å². The summed E-state index contributed by atoms with van der Waals surface area (Å²) in [4.78, 5) is 39.0. The Hall–Kier alpha value is -2.81. The van der Waals surface area contributed by atoms with E-state index in [-0.39, 0.29) is 54.0 Å². The van der Waals surface area contributed by atoms with E-state index in [1.165, 1.54) is 24.3 Å². The number of carboxylic acid groups (broad SMARTS) is 1. The van der Waals surface area contributed by atoms with Crippen molar-refractivity contribution in [2.24, 2.45) is 10.7 Å². The lowest BCUT2D eigenvalue weighted by atomic mass is 10.0. The van der Waals surface area contributed by atoms with Crippen LogP contribution in [-0.4, -0.2) is 69.8 Å². The van der Waals surface area contributed by atoms with Crippen molar-refractivity contribution in [2.75, 3.05) is 38.4 Å². The fourth-order valence-electron chi connectivity index (χ4n) is 3.13. The zero-order valence-electron chi connectivity index (χ0n) is 22.5. The van der Waals surface area contributed by atoms with Gasteiger partial charge in [0.2, 0.25) is 7.59 Å². The lowest BCUT2D eigenvalue weighted by Crippen LogP contribution is -2.22. The van der Waals surface area contributed by atoms with Crippen molar-refractivity contribution in [1.29, 1.82) is 0 Å². The number of aliphatic imine (C=N–C) groups is 1. The second-order valence-electron chi connectivity index (χ2n) is 8.26. The molecule has 0 aromatic heterocycles. The molecule has 2 rings (SSSR count). The van der Waals surface area contributed by atoms with Gasteiger partial charge in [0.05, 0.1) is 6.61 Å². The summed E-state index contributed by atoms with van der Waals surface area (Å²) in [5, 5.41) is 12.6. The number of benzene rings is 2. The van der Waals surface area contributed by atoms with E-state index in [0.29, 0.717) is 0 Å². The van der Waals surface area contributed by atoms with Crippen molar-refractivity contribution in [3.05, 3.63) is 53.3 Å².